The van der Waals surface area contributed by atoms with E-state index in [9.17, 15) is 14.4 Å². The molecule has 4 aromatic rings. The average molecular weight is 475 g/mol. The van der Waals surface area contributed by atoms with E-state index in [0.717, 1.165) is 6.42 Å². The summed E-state index contributed by atoms with van der Waals surface area (Å²) in [7, 11) is 1.33. The summed E-state index contributed by atoms with van der Waals surface area (Å²) in [6.45, 7) is 4.98. The van der Waals surface area contributed by atoms with Crippen molar-refractivity contribution < 1.29 is 9.53 Å². The van der Waals surface area contributed by atoms with Crippen LogP contribution in [0.3, 0.4) is 0 Å². The zero-order valence-corrected chi connectivity index (χ0v) is 19.9. The van der Waals surface area contributed by atoms with Gasteiger partial charge in [0.2, 0.25) is 0 Å². The molecule has 0 fully saturated rings. The number of carbonyl (C=O) groups is 1. The van der Waals surface area contributed by atoms with Crippen LogP contribution in [0.25, 0.3) is 22.6 Å². The number of aryl methyl sites for hydroxylation is 1. The smallest absolute Gasteiger partial charge is 0.339 e. The number of fused-ring (bicyclic) bond motifs is 1. The van der Waals surface area contributed by atoms with Crippen LogP contribution in [0.2, 0.25) is 0 Å². The van der Waals surface area contributed by atoms with Gasteiger partial charge in [-0.3, -0.25) is 18.6 Å². The molecule has 4 rings (SSSR count). The van der Waals surface area contributed by atoms with Gasteiger partial charge in [-0.05, 0) is 25.0 Å². The van der Waals surface area contributed by atoms with E-state index >= 15 is 0 Å². The number of imidazole rings is 1. The number of H-pyrrole nitrogens is 1. The Labute approximate surface area is 201 Å². The Bertz CT molecular complexity index is 1560. The SMILES string of the molecule is CCCn1c(=O)c2[nH]c(-c3cnn(CC#Cc4ccccc4C(=O)OC)c3)nc2n(CCC)c1=O. The lowest BCUT2D eigenvalue weighted by atomic mass is 10.1. The van der Waals surface area contributed by atoms with Crippen LogP contribution in [0.15, 0.2) is 46.2 Å². The lowest BCUT2D eigenvalue weighted by Crippen LogP contribution is -2.40. The zero-order valence-electron chi connectivity index (χ0n) is 19.9. The van der Waals surface area contributed by atoms with Crippen molar-refractivity contribution in [3.8, 4) is 23.2 Å². The Hall–Kier alpha value is -4.39. The minimum atomic E-state index is -0.444. The molecule has 0 aliphatic rings. The van der Waals surface area contributed by atoms with E-state index < -0.39 is 5.97 Å². The molecule has 0 unspecified atom stereocenters. The fraction of sp³-hybridized carbons (Fsp3) is 0.320. The molecule has 0 radical (unpaired) electrons. The predicted molar refractivity (Wildman–Crippen MR) is 131 cm³/mol. The first-order valence-corrected chi connectivity index (χ1v) is 11.4. The van der Waals surface area contributed by atoms with Gasteiger partial charge < -0.3 is 9.72 Å². The van der Waals surface area contributed by atoms with Crippen molar-refractivity contribution in [2.75, 3.05) is 7.11 Å². The summed E-state index contributed by atoms with van der Waals surface area (Å²) in [6.07, 6.45) is 4.78. The molecular weight excluding hydrogens is 448 g/mol. The largest absolute Gasteiger partial charge is 0.465 e. The van der Waals surface area contributed by atoms with Gasteiger partial charge >= 0.3 is 11.7 Å². The predicted octanol–water partition coefficient (Wildman–Crippen LogP) is 2.41. The van der Waals surface area contributed by atoms with E-state index in [1.165, 1.54) is 11.7 Å². The molecular formula is C25H26N6O4. The van der Waals surface area contributed by atoms with E-state index in [4.69, 9.17) is 4.74 Å². The first-order valence-electron chi connectivity index (χ1n) is 11.4. The summed E-state index contributed by atoms with van der Waals surface area (Å²) in [5.74, 6) is 6.00. The van der Waals surface area contributed by atoms with Gasteiger partial charge in [0, 0.05) is 24.8 Å². The van der Waals surface area contributed by atoms with Crippen LogP contribution in [-0.2, 0) is 24.4 Å². The average Bonchev–Trinajstić information content (AvgIpc) is 3.52. The van der Waals surface area contributed by atoms with Crippen LogP contribution >= 0.6 is 0 Å². The van der Waals surface area contributed by atoms with Gasteiger partial charge in [0.05, 0.1) is 24.4 Å². The Morgan fingerprint density at radius 3 is 2.60 bits per heavy atom. The fourth-order valence-electron chi connectivity index (χ4n) is 3.82. The number of nitrogens with one attached hydrogen (secondary N) is 1. The minimum absolute atomic E-state index is 0.277. The standard InChI is InChI=1S/C25H26N6O4/c1-4-12-30-22-20(23(32)31(13-5-2)25(30)34)27-21(28-22)18-15-26-29(16-18)14-8-10-17-9-6-7-11-19(17)24(33)35-3/h6-7,9,11,15-16H,4-5,12-14H2,1-3H3,(H,27,28). The number of hydrogen-bond donors (Lipinski definition) is 1. The van der Waals surface area contributed by atoms with Crippen molar-refractivity contribution in [1.29, 1.82) is 0 Å². The maximum atomic E-state index is 12.9. The second-order valence-electron chi connectivity index (χ2n) is 7.94. The van der Waals surface area contributed by atoms with E-state index in [-0.39, 0.29) is 17.8 Å². The summed E-state index contributed by atoms with van der Waals surface area (Å²) < 4.78 is 9.23. The molecule has 35 heavy (non-hydrogen) atoms. The maximum absolute atomic E-state index is 12.9. The van der Waals surface area contributed by atoms with E-state index in [1.807, 2.05) is 13.8 Å². The highest BCUT2D eigenvalue weighted by Crippen LogP contribution is 2.18. The third kappa shape index (κ3) is 4.66. The van der Waals surface area contributed by atoms with Crippen molar-refractivity contribution in [2.24, 2.45) is 0 Å². The normalized spacial score (nSPS) is 10.8. The van der Waals surface area contributed by atoms with E-state index in [2.05, 4.69) is 26.9 Å². The second-order valence-corrected chi connectivity index (χ2v) is 7.94. The fourth-order valence-corrected chi connectivity index (χ4v) is 3.82. The quantitative estimate of drug-likeness (QED) is 0.325. The molecule has 1 aromatic carbocycles. The molecule has 0 aliphatic heterocycles. The minimum Gasteiger partial charge on any atom is -0.465 e. The lowest BCUT2D eigenvalue weighted by Gasteiger charge is -2.09. The molecule has 10 nitrogen and oxygen atoms in total. The molecule has 180 valence electrons. The third-order valence-corrected chi connectivity index (χ3v) is 5.46. The van der Waals surface area contributed by atoms with Gasteiger partial charge in [-0.2, -0.15) is 5.10 Å². The molecule has 1 N–H and O–H groups in total. The van der Waals surface area contributed by atoms with Crippen molar-refractivity contribution in [3.05, 3.63) is 68.6 Å². The molecule has 0 bridgehead atoms. The van der Waals surface area contributed by atoms with Gasteiger partial charge in [-0.1, -0.05) is 37.8 Å². The van der Waals surface area contributed by atoms with Crippen molar-refractivity contribution in [2.45, 2.75) is 46.3 Å². The Morgan fingerprint density at radius 2 is 1.86 bits per heavy atom. The highest BCUT2D eigenvalue weighted by Gasteiger charge is 2.18. The highest BCUT2D eigenvalue weighted by atomic mass is 16.5. The van der Waals surface area contributed by atoms with Gasteiger partial charge in [0.15, 0.2) is 5.65 Å². The third-order valence-electron chi connectivity index (χ3n) is 5.46. The van der Waals surface area contributed by atoms with Gasteiger partial charge in [0.25, 0.3) is 5.56 Å². The van der Waals surface area contributed by atoms with Gasteiger partial charge in [-0.15, -0.1) is 0 Å². The Morgan fingerprint density at radius 1 is 1.11 bits per heavy atom. The molecule has 0 saturated carbocycles. The van der Waals surface area contributed by atoms with Crippen LogP contribution in [-0.4, -0.2) is 42.0 Å². The zero-order chi connectivity index (χ0) is 24.9. The first-order chi connectivity index (χ1) is 17.0. The van der Waals surface area contributed by atoms with E-state index in [1.54, 1.807) is 45.9 Å². The molecule has 0 aliphatic carbocycles. The number of aromatic amines is 1. The number of aromatic nitrogens is 6. The highest BCUT2D eigenvalue weighted by molar-refractivity contribution is 5.92. The summed E-state index contributed by atoms with van der Waals surface area (Å²) in [5.41, 5.74) is 1.56. The number of rotatable bonds is 7. The Balaban J connectivity index is 1.65. The Kier molecular flexibility index (Phi) is 6.96. The van der Waals surface area contributed by atoms with Crippen LogP contribution in [0.5, 0.6) is 0 Å². The summed E-state index contributed by atoms with van der Waals surface area (Å²) >= 11 is 0. The number of benzene rings is 1. The van der Waals surface area contributed by atoms with Crippen molar-refractivity contribution >= 4 is 17.1 Å². The summed E-state index contributed by atoms with van der Waals surface area (Å²) in [5, 5.41) is 4.32. The molecule has 3 aromatic heterocycles. The number of carbonyl (C=O) groups excluding carboxylic acids is 1. The van der Waals surface area contributed by atoms with E-state index in [0.29, 0.717) is 53.2 Å². The molecule has 0 amide bonds. The molecule has 0 atom stereocenters. The van der Waals surface area contributed by atoms with Gasteiger partial charge in [-0.25, -0.2) is 14.6 Å². The molecule has 0 spiro atoms. The van der Waals surface area contributed by atoms with Crippen LogP contribution in [0, 0.1) is 11.8 Å². The van der Waals surface area contributed by atoms with Gasteiger partial charge in [0.1, 0.15) is 17.9 Å². The number of hydrogen-bond acceptors (Lipinski definition) is 6. The first kappa shape index (κ1) is 23.8. The molecule has 10 heteroatoms. The van der Waals surface area contributed by atoms with Crippen molar-refractivity contribution in [3.63, 3.8) is 0 Å². The van der Waals surface area contributed by atoms with Crippen LogP contribution < -0.4 is 11.2 Å². The lowest BCUT2D eigenvalue weighted by molar-refractivity contribution is 0.0600. The number of esters is 1. The molecule has 3 heterocycles. The van der Waals surface area contributed by atoms with Crippen LogP contribution in [0.4, 0.5) is 0 Å². The number of nitrogens with zero attached hydrogens (tertiary/aromatic N) is 5. The second kappa shape index (κ2) is 10.3. The summed E-state index contributed by atoms with van der Waals surface area (Å²) in [6, 6.07) is 6.97. The van der Waals surface area contributed by atoms with Crippen molar-refractivity contribution in [1.82, 2.24) is 28.9 Å². The van der Waals surface area contributed by atoms with Crippen LogP contribution in [0.1, 0.15) is 42.6 Å². The topological polar surface area (TPSA) is 117 Å². The summed E-state index contributed by atoms with van der Waals surface area (Å²) in [4.78, 5) is 45.3. The molecule has 0 saturated heterocycles. The maximum Gasteiger partial charge on any atom is 0.339 e. The number of methoxy groups -OCH3 is 1. The number of ether oxygens (including phenoxy) is 1. The monoisotopic (exact) mass is 474 g/mol.